The number of nitrogens with zero attached hydrogens (tertiary/aromatic N) is 3. The second-order valence-corrected chi connectivity index (χ2v) is 10.7. The van der Waals surface area contributed by atoms with Gasteiger partial charge in [0.2, 0.25) is 0 Å². The molecule has 1 aliphatic carbocycles. The summed E-state index contributed by atoms with van der Waals surface area (Å²) in [5.41, 5.74) is 6.00. The first-order valence-electron chi connectivity index (χ1n) is 13.6. The topological polar surface area (TPSA) is 73.1 Å². The number of ether oxygens (including phenoxy) is 2. The van der Waals surface area contributed by atoms with E-state index in [1.807, 2.05) is 33.7 Å². The normalized spacial score (nSPS) is 18.0. The molecule has 2 aliphatic heterocycles. The third kappa shape index (κ3) is 3.97. The number of aromatic nitrogens is 2. The van der Waals surface area contributed by atoms with Gasteiger partial charge in [-0.1, -0.05) is 24.3 Å². The van der Waals surface area contributed by atoms with E-state index in [2.05, 4.69) is 19.1 Å². The van der Waals surface area contributed by atoms with Gasteiger partial charge in [0.05, 0.1) is 35.5 Å². The van der Waals surface area contributed by atoms with Crippen molar-refractivity contribution >= 4 is 23.6 Å². The number of carbonyl (C=O) groups is 2. The summed E-state index contributed by atoms with van der Waals surface area (Å²) in [6.07, 6.45) is 7.95. The summed E-state index contributed by atoms with van der Waals surface area (Å²) >= 11 is 0. The highest BCUT2D eigenvalue weighted by molar-refractivity contribution is 5.96. The third-order valence-corrected chi connectivity index (χ3v) is 8.26. The van der Waals surface area contributed by atoms with Crippen molar-refractivity contribution in [3.05, 3.63) is 94.1 Å². The van der Waals surface area contributed by atoms with Crippen molar-refractivity contribution in [1.82, 2.24) is 14.3 Å². The number of hydrogen-bond donors (Lipinski definition) is 0. The van der Waals surface area contributed by atoms with E-state index >= 15 is 4.39 Å². The lowest BCUT2D eigenvalue weighted by molar-refractivity contribution is -0.136. The van der Waals surface area contributed by atoms with Gasteiger partial charge in [-0.05, 0) is 73.1 Å². The number of methoxy groups -OCH3 is 1. The quantitative estimate of drug-likeness (QED) is 0.311. The molecule has 8 heteroatoms. The van der Waals surface area contributed by atoms with Crippen molar-refractivity contribution in [3.8, 4) is 17.0 Å². The Labute approximate surface area is 230 Å². The molecular weight excluding hydrogens is 509 g/mol. The van der Waals surface area contributed by atoms with Gasteiger partial charge in [-0.15, -0.1) is 0 Å². The van der Waals surface area contributed by atoms with Crippen LogP contribution in [-0.2, 0) is 16.0 Å². The molecule has 1 atom stereocenters. The Morgan fingerprint density at radius 2 is 1.93 bits per heavy atom. The van der Waals surface area contributed by atoms with Crippen LogP contribution in [0.15, 0.2) is 60.4 Å². The SMILES string of the molecule is COC(=O)C1=Cc2c(ccc(-c3cn4cc(C(=O)N5CCc6ccccc6[C@H]5C)cc(C5CC5)c4n3)c2F)OC1. The van der Waals surface area contributed by atoms with Crippen LogP contribution in [0.25, 0.3) is 23.0 Å². The maximum Gasteiger partial charge on any atom is 0.337 e. The molecule has 40 heavy (non-hydrogen) atoms. The molecule has 4 aromatic rings. The molecule has 1 fully saturated rings. The van der Waals surface area contributed by atoms with Crippen LogP contribution in [0.4, 0.5) is 4.39 Å². The fourth-order valence-corrected chi connectivity index (χ4v) is 5.94. The molecule has 0 radical (unpaired) electrons. The predicted octanol–water partition coefficient (Wildman–Crippen LogP) is 5.73. The van der Waals surface area contributed by atoms with Gasteiger partial charge in [-0.2, -0.15) is 0 Å². The molecule has 4 heterocycles. The lowest BCUT2D eigenvalue weighted by atomic mass is 9.93. The van der Waals surface area contributed by atoms with Gasteiger partial charge in [0.25, 0.3) is 5.91 Å². The molecule has 0 saturated heterocycles. The molecule has 1 amide bonds. The summed E-state index contributed by atoms with van der Waals surface area (Å²) in [6, 6.07) is 13.6. The van der Waals surface area contributed by atoms with E-state index in [0.29, 0.717) is 35.0 Å². The molecule has 202 valence electrons. The fourth-order valence-electron chi connectivity index (χ4n) is 5.94. The minimum Gasteiger partial charge on any atom is -0.488 e. The second-order valence-electron chi connectivity index (χ2n) is 10.7. The minimum atomic E-state index is -0.555. The summed E-state index contributed by atoms with van der Waals surface area (Å²) in [5, 5.41) is 0. The van der Waals surface area contributed by atoms with Crippen LogP contribution in [0.2, 0.25) is 0 Å². The van der Waals surface area contributed by atoms with Gasteiger partial charge >= 0.3 is 5.97 Å². The molecule has 0 bridgehead atoms. The molecule has 2 aromatic carbocycles. The minimum absolute atomic E-state index is 0.0151. The smallest absolute Gasteiger partial charge is 0.337 e. The predicted molar refractivity (Wildman–Crippen MR) is 148 cm³/mol. The first-order chi connectivity index (χ1) is 19.4. The van der Waals surface area contributed by atoms with Gasteiger partial charge < -0.3 is 18.8 Å². The monoisotopic (exact) mass is 537 g/mol. The number of hydrogen-bond acceptors (Lipinski definition) is 5. The highest BCUT2D eigenvalue weighted by atomic mass is 19.1. The molecular formula is C32H28FN3O4. The van der Waals surface area contributed by atoms with E-state index in [1.54, 1.807) is 18.3 Å². The Morgan fingerprint density at radius 3 is 2.73 bits per heavy atom. The first kappa shape index (κ1) is 24.6. The van der Waals surface area contributed by atoms with Crippen molar-refractivity contribution in [2.75, 3.05) is 20.3 Å². The Hall–Kier alpha value is -4.46. The summed E-state index contributed by atoms with van der Waals surface area (Å²) in [5.74, 6) is -0.398. The largest absolute Gasteiger partial charge is 0.488 e. The van der Waals surface area contributed by atoms with Gasteiger partial charge in [0, 0.05) is 24.5 Å². The zero-order chi connectivity index (χ0) is 27.5. The van der Waals surface area contributed by atoms with Crippen LogP contribution in [0.5, 0.6) is 5.75 Å². The standard InChI is InChI=1S/C32H28FN3O4/c1-18-23-6-4-3-5-19(23)11-12-36(18)31(37)21-13-25(20-7-8-20)30-34-27(16-35(30)15-21)24-9-10-28-26(29(24)33)14-22(17-40-28)32(38)39-2/h3-6,9-10,13-16,18,20H,7-8,11-12,17H2,1-2H3/t18-/m1/s1. The van der Waals surface area contributed by atoms with Crippen LogP contribution in [0.3, 0.4) is 0 Å². The van der Waals surface area contributed by atoms with Gasteiger partial charge in [0.15, 0.2) is 0 Å². The molecule has 7 rings (SSSR count). The Bertz CT molecular complexity index is 1740. The summed E-state index contributed by atoms with van der Waals surface area (Å²) < 4.78 is 28.0. The number of carbonyl (C=O) groups excluding carboxylic acids is 2. The van der Waals surface area contributed by atoms with E-state index in [0.717, 1.165) is 30.5 Å². The lowest BCUT2D eigenvalue weighted by Gasteiger charge is -2.35. The van der Waals surface area contributed by atoms with E-state index in [9.17, 15) is 9.59 Å². The molecule has 0 unspecified atom stereocenters. The third-order valence-electron chi connectivity index (χ3n) is 8.26. The highest BCUT2D eigenvalue weighted by Crippen LogP contribution is 2.43. The second kappa shape index (κ2) is 9.33. The van der Waals surface area contributed by atoms with E-state index in [4.69, 9.17) is 14.5 Å². The van der Waals surface area contributed by atoms with Gasteiger partial charge in [-0.3, -0.25) is 4.79 Å². The molecule has 2 aromatic heterocycles. The van der Waals surface area contributed by atoms with Crippen molar-refractivity contribution in [2.45, 2.75) is 38.1 Å². The van der Waals surface area contributed by atoms with E-state index in [-0.39, 0.29) is 29.7 Å². The van der Waals surface area contributed by atoms with Crippen LogP contribution < -0.4 is 4.74 Å². The number of esters is 1. The summed E-state index contributed by atoms with van der Waals surface area (Å²) in [6.45, 7) is 2.76. The van der Waals surface area contributed by atoms with Gasteiger partial charge in [-0.25, -0.2) is 14.2 Å². The Kier molecular flexibility index (Phi) is 5.73. The van der Waals surface area contributed by atoms with Crippen LogP contribution in [0.1, 0.15) is 64.3 Å². The zero-order valence-electron chi connectivity index (χ0n) is 22.3. The molecule has 7 nitrogen and oxygen atoms in total. The van der Waals surface area contributed by atoms with E-state index < -0.39 is 11.8 Å². The van der Waals surface area contributed by atoms with Crippen molar-refractivity contribution in [3.63, 3.8) is 0 Å². The Balaban J connectivity index is 1.28. The van der Waals surface area contributed by atoms with Gasteiger partial charge in [0.1, 0.15) is 23.8 Å². The number of fused-ring (bicyclic) bond motifs is 3. The number of benzene rings is 2. The number of amides is 1. The molecule has 1 saturated carbocycles. The van der Waals surface area contributed by atoms with E-state index in [1.165, 1.54) is 24.3 Å². The highest BCUT2D eigenvalue weighted by Gasteiger charge is 2.32. The number of rotatable bonds is 4. The number of pyridine rings is 1. The number of halogens is 1. The first-order valence-corrected chi connectivity index (χ1v) is 13.6. The van der Waals surface area contributed by atoms with Crippen LogP contribution in [-0.4, -0.2) is 46.4 Å². The number of imidazole rings is 1. The Morgan fingerprint density at radius 1 is 1.10 bits per heavy atom. The van der Waals surface area contributed by atoms with Crippen molar-refractivity contribution in [2.24, 2.45) is 0 Å². The summed E-state index contributed by atoms with van der Waals surface area (Å²) in [7, 11) is 1.28. The fraction of sp³-hybridized carbons (Fsp3) is 0.281. The molecule has 3 aliphatic rings. The zero-order valence-corrected chi connectivity index (χ0v) is 22.3. The lowest BCUT2D eigenvalue weighted by Crippen LogP contribution is -2.39. The molecule has 0 spiro atoms. The maximum absolute atomic E-state index is 15.8. The molecule has 0 N–H and O–H groups in total. The van der Waals surface area contributed by atoms with Crippen molar-refractivity contribution in [1.29, 1.82) is 0 Å². The van der Waals surface area contributed by atoms with Crippen molar-refractivity contribution < 1.29 is 23.5 Å². The average molecular weight is 538 g/mol. The van der Waals surface area contributed by atoms with Crippen LogP contribution >= 0.6 is 0 Å². The maximum atomic E-state index is 15.8. The van der Waals surface area contributed by atoms with Crippen LogP contribution in [0, 0.1) is 5.82 Å². The average Bonchev–Trinajstić information content (AvgIpc) is 3.74. The summed E-state index contributed by atoms with van der Waals surface area (Å²) in [4.78, 5) is 32.6.